The molecule has 0 saturated carbocycles. The molecule has 90 valence electrons. The third kappa shape index (κ3) is 9.69. The maximum absolute atomic E-state index is 8.95. The molecule has 1 saturated heterocycles. The summed E-state index contributed by atoms with van der Waals surface area (Å²) in [4.78, 5) is 11.5. The lowest BCUT2D eigenvalue weighted by Crippen LogP contribution is -2.43. The zero-order chi connectivity index (χ0) is 11.4. The Balaban J connectivity index is 0.000000423. The van der Waals surface area contributed by atoms with E-state index in [-0.39, 0.29) is 0 Å². The van der Waals surface area contributed by atoms with Crippen molar-refractivity contribution in [3.05, 3.63) is 0 Å². The van der Waals surface area contributed by atoms with Gasteiger partial charge in [-0.25, -0.2) is 0 Å². The van der Waals surface area contributed by atoms with Crippen LogP contribution in [-0.2, 0) is 9.53 Å². The van der Waals surface area contributed by atoms with Gasteiger partial charge in [0.1, 0.15) is 0 Å². The Morgan fingerprint density at radius 1 is 1.33 bits per heavy atom. The standard InChI is InChI=1S/C9H20N2.C2H4O2/c1-2-3-4-7-11-8-5-10-6-9-11;1-4-2-3/h10H,2-9H2,1H3;2H,1H3. The number of piperazine rings is 1. The quantitative estimate of drug-likeness (QED) is 0.547. The minimum absolute atomic E-state index is 0.375. The van der Waals surface area contributed by atoms with Crippen molar-refractivity contribution in [2.75, 3.05) is 39.8 Å². The second-order valence-electron chi connectivity index (χ2n) is 3.63. The van der Waals surface area contributed by atoms with E-state index in [1.54, 1.807) is 0 Å². The molecule has 0 radical (unpaired) electrons. The zero-order valence-corrected chi connectivity index (χ0v) is 10.00. The van der Waals surface area contributed by atoms with Gasteiger partial charge in [0.05, 0.1) is 7.11 Å². The van der Waals surface area contributed by atoms with Gasteiger partial charge in [-0.05, 0) is 13.0 Å². The number of carbonyl (C=O) groups is 1. The average Bonchev–Trinajstić information content (AvgIpc) is 2.31. The fourth-order valence-corrected chi connectivity index (χ4v) is 1.52. The number of unbranched alkanes of at least 4 members (excludes halogenated alkanes) is 2. The number of rotatable bonds is 5. The van der Waals surface area contributed by atoms with E-state index in [1.807, 2.05) is 0 Å². The van der Waals surface area contributed by atoms with E-state index in [0.717, 1.165) is 0 Å². The Morgan fingerprint density at radius 3 is 2.40 bits per heavy atom. The summed E-state index contributed by atoms with van der Waals surface area (Å²) >= 11 is 0. The van der Waals surface area contributed by atoms with Crippen LogP contribution in [0, 0.1) is 0 Å². The van der Waals surface area contributed by atoms with Gasteiger partial charge >= 0.3 is 0 Å². The molecule has 15 heavy (non-hydrogen) atoms. The second kappa shape index (κ2) is 11.5. The van der Waals surface area contributed by atoms with Gasteiger partial charge in [-0.3, -0.25) is 4.79 Å². The van der Waals surface area contributed by atoms with Crippen molar-refractivity contribution in [1.82, 2.24) is 10.2 Å². The fourth-order valence-electron chi connectivity index (χ4n) is 1.52. The van der Waals surface area contributed by atoms with Gasteiger partial charge in [0, 0.05) is 26.2 Å². The Hall–Kier alpha value is -0.610. The minimum atomic E-state index is 0.375. The van der Waals surface area contributed by atoms with Crippen LogP contribution in [0.4, 0.5) is 0 Å². The van der Waals surface area contributed by atoms with Crippen LogP contribution >= 0.6 is 0 Å². The van der Waals surface area contributed by atoms with E-state index in [9.17, 15) is 0 Å². The van der Waals surface area contributed by atoms with Gasteiger partial charge in [-0.1, -0.05) is 19.8 Å². The molecule has 1 fully saturated rings. The first kappa shape index (κ1) is 14.4. The Labute approximate surface area is 93.0 Å². The van der Waals surface area contributed by atoms with Gasteiger partial charge in [-0.2, -0.15) is 0 Å². The molecule has 1 aliphatic rings. The molecular weight excluding hydrogens is 192 g/mol. The highest BCUT2D eigenvalue weighted by Gasteiger charge is 2.07. The Bertz CT molecular complexity index is 137. The third-order valence-electron chi connectivity index (χ3n) is 2.38. The van der Waals surface area contributed by atoms with E-state index in [2.05, 4.69) is 21.9 Å². The molecule has 1 rings (SSSR count). The summed E-state index contributed by atoms with van der Waals surface area (Å²) in [6.07, 6.45) is 4.12. The van der Waals surface area contributed by atoms with Crippen molar-refractivity contribution in [2.24, 2.45) is 0 Å². The molecule has 0 aromatic heterocycles. The van der Waals surface area contributed by atoms with Gasteiger partial charge in [-0.15, -0.1) is 0 Å². The molecule has 4 heteroatoms. The van der Waals surface area contributed by atoms with E-state index < -0.39 is 0 Å². The molecule has 0 aliphatic carbocycles. The number of hydrogen-bond donors (Lipinski definition) is 1. The van der Waals surface area contributed by atoms with Gasteiger partial charge in [0.2, 0.25) is 0 Å². The maximum atomic E-state index is 8.95. The van der Waals surface area contributed by atoms with Crippen molar-refractivity contribution >= 4 is 6.47 Å². The molecule has 4 nitrogen and oxygen atoms in total. The van der Waals surface area contributed by atoms with Crippen LogP contribution in [0.2, 0.25) is 0 Å². The molecule has 0 atom stereocenters. The molecular formula is C11H24N2O2. The summed E-state index contributed by atoms with van der Waals surface area (Å²) in [6, 6.07) is 0. The third-order valence-corrected chi connectivity index (χ3v) is 2.38. The summed E-state index contributed by atoms with van der Waals surface area (Å²) in [7, 11) is 1.31. The van der Waals surface area contributed by atoms with Crippen molar-refractivity contribution in [2.45, 2.75) is 26.2 Å². The summed E-state index contributed by atoms with van der Waals surface area (Å²) in [5, 5.41) is 3.36. The molecule has 0 unspecified atom stereocenters. The summed E-state index contributed by atoms with van der Waals surface area (Å²) in [5.41, 5.74) is 0. The van der Waals surface area contributed by atoms with E-state index >= 15 is 0 Å². The predicted octanol–water partition coefficient (Wildman–Crippen LogP) is 0.871. The van der Waals surface area contributed by atoms with E-state index in [4.69, 9.17) is 4.79 Å². The van der Waals surface area contributed by atoms with Crippen LogP contribution in [0.5, 0.6) is 0 Å². The number of nitrogens with one attached hydrogen (secondary N) is 1. The Morgan fingerprint density at radius 2 is 1.93 bits per heavy atom. The van der Waals surface area contributed by atoms with Crippen LogP contribution in [0.15, 0.2) is 0 Å². The van der Waals surface area contributed by atoms with Crippen molar-refractivity contribution in [3.8, 4) is 0 Å². The highest BCUT2D eigenvalue weighted by molar-refractivity contribution is 5.36. The van der Waals surface area contributed by atoms with E-state index in [1.165, 1.54) is 59.1 Å². The first-order valence-corrected chi connectivity index (χ1v) is 5.74. The highest BCUT2D eigenvalue weighted by atomic mass is 16.5. The lowest BCUT2D eigenvalue weighted by atomic mass is 10.2. The smallest absolute Gasteiger partial charge is 0.292 e. The monoisotopic (exact) mass is 216 g/mol. The van der Waals surface area contributed by atoms with Crippen LogP contribution < -0.4 is 5.32 Å². The predicted molar refractivity (Wildman–Crippen MR) is 61.9 cm³/mol. The van der Waals surface area contributed by atoms with Crippen molar-refractivity contribution in [3.63, 3.8) is 0 Å². The molecule has 0 aromatic rings. The van der Waals surface area contributed by atoms with Crippen LogP contribution in [0.3, 0.4) is 0 Å². The van der Waals surface area contributed by atoms with Crippen molar-refractivity contribution < 1.29 is 9.53 Å². The van der Waals surface area contributed by atoms with E-state index in [0.29, 0.717) is 6.47 Å². The summed E-state index contributed by atoms with van der Waals surface area (Å²) in [5.74, 6) is 0. The first-order chi connectivity index (χ1) is 7.35. The number of methoxy groups -OCH3 is 1. The minimum Gasteiger partial charge on any atom is -0.471 e. The SMILES string of the molecule is CCCCCN1CCNCC1.COC=O. The molecule has 0 spiro atoms. The van der Waals surface area contributed by atoms with Crippen molar-refractivity contribution in [1.29, 1.82) is 0 Å². The number of carbonyl (C=O) groups excluding carboxylic acids is 1. The van der Waals surface area contributed by atoms with Crippen LogP contribution in [0.1, 0.15) is 26.2 Å². The van der Waals surface area contributed by atoms with Crippen LogP contribution in [0.25, 0.3) is 0 Å². The second-order valence-corrected chi connectivity index (χ2v) is 3.63. The fraction of sp³-hybridized carbons (Fsp3) is 0.909. The topological polar surface area (TPSA) is 41.6 Å². The number of nitrogens with zero attached hydrogens (tertiary/aromatic N) is 1. The first-order valence-electron chi connectivity index (χ1n) is 5.74. The Kier molecular flexibility index (Phi) is 11.0. The molecule has 1 aliphatic heterocycles. The molecule has 0 bridgehead atoms. The lowest BCUT2D eigenvalue weighted by Gasteiger charge is -2.26. The number of ether oxygens (including phenoxy) is 1. The number of hydrogen-bond acceptors (Lipinski definition) is 4. The maximum Gasteiger partial charge on any atom is 0.292 e. The highest BCUT2D eigenvalue weighted by Crippen LogP contribution is 1.98. The van der Waals surface area contributed by atoms with Crippen LogP contribution in [-0.4, -0.2) is 51.2 Å². The van der Waals surface area contributed by atoms with Gasteiger partial charge in [0.25, 0.3) is 6.47 Å². The molecule has 0 amide bonds. The molecule has 1 heterocycles. The lowest BCUT2D eigenvalue weighted by molar-refractivity contribution is -0.126. The van der Waals surface area contributed by atoms with Gasteiger partial charge < -0.3 is 15.0 Å². The largest absolute Gasteiger partial charge is 0.471 e. The summed E-state index contributed by atoms with van der Waals surface area (Å²) in [6.45, 7) is 8.83. The van der Waals surface area contributed by atoms with Gasteiger partial charge in [0.15, 0.2) is 0 Å². The average molecular weight is 216 g/mol. The normalized spacial score (nSPS) is 16.4. The summed E-state index contributed by atoms with van der Waals surface area (Å²) < 4.78 is 3.86. The molecule has 0 aromatic carbocycles. The zero-order valence-electron chi connectivity index (χ0n) is 10.00. The molecule has 1 N–H and O–H groups in total.